The minimum atomic E-state index is -0.501. The average molecular weight is 280 g/mol. The van der Waals surface area contributed by atoms with Crippen LogP contribution in [-0.4, -0.2) is 57.3 Å². The lowest BCUT2D eigenvalue weighted by Crippen LogP contribution is -2.59. The zero-order valence-corrected chi connectivity index (χ0v) is 12.5. The highest BCUT2D eigenvalue weighted by atomic mass is 16.2. The van der Waals surface area contributed by atoms with Crippen LogP contribution >= 0.6 is 0 Å². The normalized spacial score (nSPS) is 17.1. The van der Waals surface area contributed by atoms with Gasteiger partial charge in [-0.15, -0.1) is 10.2 Å². The van der Waals surface area contributed by atoms with E-state index in [4.69, 9.17) is 0 Å². The van der Waals surface area contributed by atoms with E-state index < -0.39 is 5.54 Å². The lowest BCUT2D eigenvalue weighted by atomic mass is 10.0. The van der Waals surface area contributed by atoms with Gasteiger partial charge in [0, 0.05) is 32.7 Å². The van der Waals surface area contributed by atoms with Gasteiger partial charge < -0.3 is 15.2 Å². The highest BCUT2D eigenvalue weighted by Crippen LogP contribution is 2.15. The Balaban J connectivity index is 1.93. The molecule has 7 heteroatoms. The van der Waals surface area contributed by atoms with Gasteiger partial charge in [-0.05, 0) is 20.8 Å². The monoisotopic (exact) mass is 280 g/mol. The topological polar surface area (TPSA) is 75.1 Å². The summed E-state index contributed by atoms with van der Waals surface area (Å²) >= 11 is 0. The van der Waals surface area contributed by atoms with Crippen LogP contribution in [0.4, 0.5) is 0 Å². The molecule has 0 spiro atoms. The number of carbonyl (C=O) groups excluding carboxylic acids is 1. The minimum Gasteiger partial charge on any atom is -0.347 e. The SMILES string of the molecule is CCn1cnnc1CNC(=O)C(C)(C)N1CCNCC1. The number of aryl methyl sites for hydroxylation is 1. The van der Waals surface area contributed by atoms with Gasteiger partial charge in [-0.25, -0.2) is 0 Å². The Bertz CT molecular complexity index is 449. The zero-order valence-electron chi connectivity index (χ0n) is 12.5. The Morgan fingerprint density at radius 1 is 1.45 bits per heavy atom. The molecule has 0 aromatic carbocycles. The van der Waals surface area contributed by atoms with Crippen molar-refractivity contribution in [1.29, 1.82) is 0 Å². The van der Waals surface area contributed by atoms with E-state index in [1.807, 2.05) is 25.3 Å². The Morgan fingerprint density at radius 2 is 2.15 bits per heavy atom. The fraction of sp³-hybridized carbons (Fsp3) is 0.769. The lowest BCUT2D eigenvalue weighted by Gasteiger charge is -2.39. The molecule has 0 unspecified atom stereocenters. The molecule has 0 radical (unpaired) electrons. The number of hydrogen-bond acceptors (Lipinski definition) is 5. The predicted octanol–water partition coefficient (Wildman–Crippen LogP) is -0.402. The molecule has 7 nitrogen and oxygen atoms in total. The van der Waals surface area contributed by atoms with Crippen molar-refractivity contribution < 1.29 is 4.79 Å². The standard InChI is InChI=1S/C13H24N6O/c1-4-18-10-16-17-11(18)9-15-12(20)13(2,3)19-7-5-14-6-8-19/h10,14H,4-9H2,1-3H3,(H,15,20). The number of amides is 1. The third-order valence-electron chi connectivity index (χ3n) is 3.91. The summed E-state index contributed by atoms with van der Waals surface area (Å²) in [5, 5.41) is 14.2. The van der Waals surface area contributed by atoms with Gasteiger partial charge in [0.1, 0.15) is 6.33 Å². The molecular weight excluding hydrogens is 256 g/mol. The second kappa shape index (κ2) is 6.32. The van der Waals surface area contributed by atoms with Crippen LogP contribution in [0.15, 0.2) is 6.33 Å². The van der Waals surface area contributed by atoms with Gasteiger partial charge in [0.05, 0.1) is 12.1 Å². The van der Waals surface area contributed by atoms with Gasteiger partial charge in [0.15, 0.2) is 5.82 Å². The summed E-state index contributed by atoms with van der Waals surface area (Å²) in [6.07, 6.45) is 1.68. The molecule has 1 aliphatic heterocycles. The molecular formula is C13H24N6O. The molecule has 0 bridgehead atoms. The molecule has 2 heterocycles. The van der Waals surface area contributed by atoms with Crippen LogP contribution in [0.3, 0.4) is 0 Å². The van der Waals surface area contributed by atoms with Gasteiger partial charge in [0.25, 0.3) is 0 Å². The minimum absolute atomic E-state index is 0.0325. The number of nitrogens with one attached hydrogen (secondary N) is 2. The van der Waals surface area contributed by atoms with Crippen LogP contribution < -0.4 is 10.6 Å². The Morgan fingerprint density at radius 3 is 2.80 bits per heavy atom. The first-order valence-electron chi connectivity index (χ1n) is 7.16. The van der Waals surface area contributed by atoms with E-state index in [-0.39, 0.29) is 5.91 Å². The van der Waals surface area contributed by atoms with Crippen molar-refractivity contribution in [3.63, 3.8) is 0 Å². The van der Waals surface area contributed by atoms with Gasteiger partial charge in [-0.1, -0.05) is 0 Å². The first-order chi connectivity index (χ1) is 9.55. The summed E-state index contributed by atoms with van der Waals surface area (Å²) in [6.45, 7) is 10.8. The molecule has 112 valence electrons. The molecule has 2 rings (SSSR count). The van der Waals surface area contributed by atoms with Crippen molar-refractivity contribution in [2.24, 2.45) is 0 Å². The molecule has 1 aliphatic rings. The summed E-state index contributed by atoms with van der Waals surface area (Å²) in [5.74, 6) is 0.821. The molecule has 1 aromatic heterocycles. The second-order valence-corrected chi connectivity index (χ2v) is 5.51. The Labute approximate surface area is 119 Å². The first-order valence-corrected chi connectivity index (χ1v) is 7.16. The molecule has 0 saturated carbocycles. The molecule has 1 aromatic rings. The number of aromatic nitrogens is 3. The van der Waals surface area contributed by atoms with E-state index in [0.29, 0.717) is 6.54 Å². The van der Waals surface area contributed by atoms with E-state index in [1.54, 1.807) is 6.33 Å². The van der Waals surface area contributed by atoms with E-state index >= 15 is 0 Å². The van der Waals surface area contributed by atoms with E-state index in [9.17, 15) is 4.79 Å². The number of rotatable bonds is 5. The fourth-order valence-corrected chi connectivity index (χ4v) is 2.42. The molecule has 0 atom stereocenters. The van der Waals surface area contributed by atoms with E-state index in [1.165, 1.54) is 0 Å². The average Bonchev–Trinajstić information content (AvgIpc) is 2.93. The van der Waals surface area contributed by atoms with E-state index in [2.05, 4.69) is 25.7 Å². The smallest absolute Gasteiger partial charge is 0.240 e. The van der Waals surface area contributed by atoms with Crippen molar-refractivity contribution in [1.82, 2.24) is 30.3 Å². The molecule has 20 heavy (non-hydrogen) atoms. The lowest BCUT2D eigenvalue weighted by molar-refractivity contribution is -0.132. The van der Waals surface area contributed by atoms with Gasteiger partial charge in [-0.3, -0.25) is 9.69 Å². The van der Waals surface area contributed by atoms with Crippen LogP contribution in [-0.2, 0) is 17.9 Å². The fourth-order valence-electron chi connectivity index (χ4n) is 2.42. The number of nitrogens with zero attached hydrogens (tertiary/aromatic N) is 4. The summed E-state index contributed by atoms with van der Waals surface area (Å²) in [6, 6.07) is 0. The van der Waals surface area contributed by atoms with Gasteiger partial charge in [0.2, 0.25) is 5.91 Å². The van der Waals surface area contributed by atoms with Crippen LogP contribution in [0.1, 0.15) is 26.6 Å². The maximum absolute atomic E-state index is 12.4. The van der Waals surface area contributed by atoms with Crippen LogP contribution in [0.5, 0.6) is 0 Å². The first kappa shape index (κ1) is 14.9. The molecule has 1 fully saturated rings. The van der Waals surface area contributed by atoms with Gasteiger partial charge in [-0.2, -0.15) is 0 Å². The van der Waals surface area contributed by atoms with Crippen LogP contribution in [0.25, 0.3) is 0 Å². The van der Waals surface area contributed by atoms with Crippen LogP contribution in [0.2, 0.25) is 0 Å². The molecule has 0 aliphatic carbocycles. The largest absolute Gasteiger partial charge is 0.347 e. The maximum Gasteiger partial charge on any atom is 0.240 e. The maximum atomic E-state index is 12.4. The number of carbonyl (C=O) groups is 1. The highest BCUT2D eigenvalue weighted by Gasteiger charge is 2.35. The van der Waals surface area contributed by atoms with Crippen molar-refractivity contribution >= 4 is 5.91 Å². The Hall–Kier alpha value is -1.47. The van der Waals surface area contributed by atoms with Crippen molar-refractivity contribution in [2.45, 2.75) is 39.4 Å². The number of piperazine rings is 1. The van der Waals surface area contributed by atoms with Crippen molar-refractivity contribution in [3.05, 3.63) is 12.2 Å². The zero-order chi connectivity index (χ0) is 14.6. The second-order valence-electron chi connectivity index (χ2n) is 5.51. The Kier molecular flexibility index (Phi) is 4.72. The van der Waals surface area contributed by atoms with Crippen molar-refractivity contribution in [3.8, 4) is 0 Å². The summed E-state index contributed by atoms with van der Waals surface area (Å²) < 4.78 is 1.93. The molecule has 1 amide bonds. The molecule has 1 saturated heterocycles. The molecule has 2 N–H and O–H groups in total. The summed E-state index contributed by atoms with van der Waals surface area (Å²) in [7, 11) is 0. The van der Waals surface area contributed by atoms with Crippen molar-refractivity contribution in [2.75, 3.05) is 26.2 Å². The highest BCUT2D eigenvalue weighted by molar-refractivity contribution is 5.85. The third-order valence-corrected chi connectivity index (χ3v) is 3.91. The third kappa shape index (κ3) is 3.16. The van der Waals surface area contributed by atoms with Crippen LogP contribution in [0, 0.1) is 0 Å². The van der Waals surface area contributed by atoms with E-state index in [0.717, 1.165) is 38.5 Å². The quantitative estimate of drug-likeness (QED) is 0.767. The predicted molar refractivity (Wildman–Crippen MR) is 76.1 cm³/mol. The summed E-state index contributed by atoms with van der Waals surface area (Å²) in [5.41, 5.74) is -0.501. The number of hydrogen-bond donors (Lipinski definition) is 2. The summed E-state index contributed by atoms with van der Waals surface area (Å²) in [4.78, 5) is 14.6. The van der Waals surface area contributed by atoms with Gasteiger partial charge >= 0.3 is 0 Å².